The summed E-state index contributed by atoms with van der Waals surface area (Å²) in [6.07, 6.45) is 0.897. The van der Waals surface area contributed by atoms with Crippen molar-refractivity contribution in [2.24, 2.45) is 0 Å². The van der Waals surface area contributed by atoms with Crippen molar-refractivity contribution < 1.29 is 9.47 Å². The van der Waals surface area contributed by atoms with Gasteiger partial charge in [-0.05, 0) is 39.8 Å². The maximum Gasteiger partial charge on any atom is 0.0661 e. The number of likely N-dealkylation sites (N-methyl/N-ethyl adjacent to an activating group) is 1. The molecular formula is C16H27NO2. The third-order valence-electron chi connectivity index (χ3n) is 3.51. The van der Waals surface area contributed by atoms with Crippen LogP contribution in [-0.2, 0) is 9.47 Å². The average Bonchev–Trinajstić information content (AvgIpc) is 2.40. The van der Waals surface area contributed by atoms with E-state index in [0.29, 0.717) is 13.2 Å². The standard InChI is InChI=1S/C16H27NO2/c1-13-6-8-14(9-7-13)15(17-4)12-19-11-10-16(2,3)18-5/h6-9,15,17H,10-12H2,1-5H3. The second-order valence-corrected chi connectivity index (χ2v) is 5.54. The van der Waals surface area contributed by atoms with Crippen LogP contribution in [0.2, 0.25) is 0 Å². The molecule has 0 bridgehead atoms. The van der Waals surface area contributed by atoms with Crippen LogP contribution < -0.4 is 5.32 Å². The molecule has 1 aromatic rings. The molecule has 0 saturated carbocycles. The Balaban J connectivity index is 2.39. The summed E-state index contributed by atoms with van der Waals surface area (Å²) in [5.74, 6) is 0. The van der Waals surface area contributed by atoms with Crippen LogP contribution in [0.15, 0.2) is 24.3 Å². The molecule has 3 heteroatoms. The second-order valence-electron chi connectivity index (χ2n) is 5.54. The van der Waals surface area contributed by atoms with Gasteiger partial charge in [0.1, 0.15) is 0 Å². The van der Waals surface area contributed by atoms with Gasteiger partial charge in [-0.3, -0.25) is 0 Å². The van der Waals surface area contributed by atoms with Gasteiger partial charge in [0.2, 0.25) is 0 Å². The summed E-state index contributed by atoms with van der Waals surface area (Å²) >= 11 is 0. The number of hydrogen-bond acceptors (Lipinski definition) is 3. The van der Waals surface area contributed by atoms with Crippen LogP contribution in [0.25, 0.3) is 0 Å². The largest absolute Gasteiger partial charge is 0.379 e. The van der Waals surface area contributed by atoms with Gasteiger partial charge in [-0.2, -0.15) is 0 Å². The van der Waals surface area contributed by atoms with Gasteiger partial charge < -0.3 is 14.8 Å². The van der Waals surface area contributed by atoms with E-state index >= 15 is 0 Å². The summed E-state index contributed by atoms with van der Waals surface area (Å²) in [6, 6.07) is 8.81. The predicted molar refractivity (Wildman–Crippen MR) is 79.5 cm³/mol. The van der Waals surface area contributed by atoms with Gasteiger partial charge in [-0.25, -0.2) is 0 Å². The van der Waals surface area contributed by atoms with Crippen molar-refractivity contribution in [2.45, 2.75) is 38.8 Å². The monoisotopic (exact) mass is 265 g/mol. The molecule has 1 atom stereocenters. The molecular weight excluding hydrogens is 238 g/mol. The van der Waals surface area contributed by atoms with Crippen molar-refractivity contribution in [2.75, 3.05) is 27.4 Å². The first-order chi connectivity index (χ1) is 8.98. The van der Waals surface area contributed by atoms with Crippen LogP contribution >= 0.6 is 0 Å². The molecule has 0 aliphatic rings. The first-order valence-corrected chi connectivity index (χ1v) is 6.85. The molecule has 0 aliphatic carbocycles. The number of rotatable bonds is 8. The summed E-state index contributed by atoms with van der Waals surface area (Å²) < 4.78 is 11.1. The molecule has 1 rings (SSSR count). The predicted octanol–water partition coefficient (Wildman–Crippen LogP) is 3.09. The van der Waals surface area contributed by atoms with Gasteiger partial charge in [-0.15, -0.1) is 0 Å². The zero-order valence-corrected chi connectivity index (χ0v) is 12.8. The Morgan fingerprint density at radius 2 is 1.84 bits per heavy atom. The number of benzene rings is 1. The molecule has 0 radical (unpaired) electrons. The van der Waals surface area contributed by atoms with Crippen molar-refractivity contribution in [1.82, 2.24) is 5.32 Å². The number of nitrogens with one attached hydrogen (secondary N) is 1. The van der Waals surface area contributed by atoms with E-state index in [-0.39, 0.29) is 11.6 Å². The Labute approximate surface area is 117 Å². The lowest BCUT2D eigenvalue weighted by Gasteiger charge is -2.23. The molecule has 0 saturated heterocycles. The van der Waals surface area contributed by atoms with Gasteiger partial charge in [0.25, 0.3) is 0 Å². The molecule has 19 heavy (non-hydrogen) atoms. The minimum Gasteiger partial charge on any atom is -0.379 e. The Hall–Kier alpha value is -0.900. The Bertz CT molecular complexity index is 360. The molecule has 3 nitrogen and oxygen atoms in total. The van der Waals surface area contributed by atoms with Crippen molar-refractivity contribution in [3.63, 3.8) is 0 Å². The maximum absolute atomic E-state index is 5.77. The summed E-state index contributed by atoms with van der Waals surface area (Å²) in [4.78, 5) is 0. The molecule has 1 aromatic carbocycles. The van der Waals surface area contributed by atoms with E-state index in [0.717, 1.165) is 6.42 Å². The highest BCUT2D eigenvalue weighted by Crippen LogP contribution is 2.16. The SMILES string of the molecule is CNC(COCCC(C)(C)OC)c1ccc(C)cc1. The molecule has 0 heterocycles. The highest BCUT2D eigenvalue weighted by molar-refractivity contribution is 5.24. The molecule has 0 amide bonds. The zero-order valence-electron chi connectivity index (χ0n) is 12.8. The van der Waals surface area contributed by atoms with Crippen molar-refractivity contribution in [1.29, 1.82) is 0 Å². The number of aryl methyl sites for hydroxylation is 1. The van der Waals surface area contributed by atoms with Crippen LogP contribution in [0.5, 0.6) is 0 Å². The van der Waals surface area contributed by atoms with E-state index in [4.69, 9.17) is 9.47 Å². The van der Waals surface area contributed by atoms with Crippen LogP contribution in [0.4, 0.5) is 0 Å². The fourth-order valence-electron chi connectivity index (χ4n) is 1.77. The molecule has 1 unspecified atom stereocenters. The first kappa shape index (κ1) is 16.2. The van der Waals surface area contributed by atoms with E-state index < -0.39 is 0 Å². The Kier molecular flexibility index (Phi) is 6.49. The Morgan fingerprint density at radius 1 is 1.21 bits per heavy atom. The minimum atomic E-state index is -0.112. The molecule has 0 aliphatic heterocycles. The number of ether oxygens (including phenoxy) is 2. The van der Waals surface area contributed by atoms with Crippen LogP contribution in [0, 0.1) is 6.92 Å². The molecule has 108 valence electrons. The maximum atomic E-state index is 5.77. The van der Waals surface area contributed by atoms with Crippen molar-refractivity contribution in [3.8, 4) is 0 Å². The number of methoxy groups -OCH3 is 1. The van der Waals surface area contributed by atoms with Gasteiger partial charge in [-0.1, -0.05) is 29.8 Å². The van der Waals surface area contributed by atoms with Gasteiger partial charge >= 0.3 is 0 Å². The van der Waals surface area contributed by atoms with E-state index in [1.54, 1.807) is 7.11 Å². The lowest BCUT2D eigenvalue weighted by molar-refractivity contribution is -0.0122. The average molecular weight is 265 g/mol. The summed E-state index contributed by atoms with van der Waals surface area (Å²) in [7, 11) is 3.70. The number of hydrogen-bond donors (Lipinski definition) is 1. The first-order valence-electron chi connectivity index (χ1n) is 6.85. The highest BCUT2D eigenvalue weighted by atomic mass is 16.5. The minimum absolute atomic E-state index is 0.112. The van der Waals surface area contributed by atoms with Gasteiger partial charge in [0, 0.05) is 13.7 Å². The summed E-state index contributed by atoms with van der Waals surface area (Å²) in [6.45, 7) is 7.64. The van der Waals surface area contributed by atoms with E-state index in [1.807, 2.05) is 7.05 Å². The van der Waals surface area contributed by atoms with Crippen molar-refractivity contribution >= 4 is 0 Å². The molecule has 1 N–H and O–H groups in total. The van der Waals surface area contributed by atoms with Gasteiger partial charge in [0.15, 0.2) is 0 Å². The normalized spacial score (nSPS) is 13.5. The van der Waals surface area contributed by atoms with Crippen molar-refractivity contribution in [3.05, 3.63) is 35.4 Å². The lowest BCUT2D eigenvalue weighted by atomic mass is 10.1. The van der Waals surface area contributed by atoms with E-state index in [1.165, 1.54) is 11.1 Å². The van der Waals surface area contributed by atoms with E-state index in [2.05, 4.69) is 50.4 Å². The highest BCUT2D eigenvalue weighted by Gasteiger charge is 2.16. The quantitative estimate of drug-likeness (QED) is 0.733. The third kappa shape index (κ3) is 5.72. The molecule has 0 fully saturated rings. The fourth-order valence-corrected chi connectivity index (χ4v) is 1.77. The van der Waals surface area contributed by atoms with Crippen LogP contribution in [0.3, 0.4) is 0 Å². The summed E-state index contributed by atoms with van der Waals surface area (Å²) in [5, 5.41) is 3.29. The Morgan fingerprint density at radius 3 is 2.37 bits per heavy atom. The zero-order chi connectivity index (χ0) is 14.3. The fraction of sp³-hybridized carbons (Fsp3) is 0.625. The lowest BCUT2D eigenvalue weighted by Crippen LogP contribution is -2.26. The second kappa shape index (κ2) is 7.63. The molecule has 0 aromatic heterocycles. The van der Waals surface area contributed by atoms with Crippen LogP contribution in [-0.4, -0.2) is 33.0 Å². The topological polar surface area (TPSA) is 30.5 Å². The van der Waals surface area contributed by atoms with Gasteiger partial charge in [0.05, 0.1) is 18.2 Å². The van der Waals surface area contributed by atoms with Crippen LogP contribution in [0.1, 0.15) is 37.4 Å². The molecule has 0 spiro atoms. The third-order valence-corrected chi connectivity index (χ3v) is 3.51. The summed E-state index contributed by atoms with van der Waals surface area (Å²) in [5.41, 5.74) is 2.43. The smallest absolute Gasteiger partial charge is 0.0661 e. The van der Waals surface area contributed by atoms with E-state index in [9.17, 15) is 0 Å².